The lowest BCUT2D eigenvalue weighted by Gasteiger charge is -2.30. The Balaban J connectivity index is 2.17. The zero-order valence-corrected chi connectivity index (χ0v) is 13.0. The Morgan fingerprint density at radius 1 is 1.20 bits per heavy atom. The lowest BCUT2D eigenvalue weighted by molar-refractivity contribution is 0.309. The molecular weight excluding hydrogens is 246 g/mol. The van der Waals surface area contributed by atoms with E-state index >= 15 is 0 Å². The Hall–Kier alpha value is -1.02. The van der Waals surface area contributed by atoms with E-state index in [-0.39, 0.29) is 5.54 Å². The quantitative estimate of drug-likeness (QED) is 0.796. The minimum atomic E-state index is -0.200. The van der Waals surface area contributed by atoms with E-state index in [0.29, 0.717) is 6.61 Å². The van der Waals surface area contributed by atoms with Gasteiger partial charge in [-0.05, 0) is 38.2 Å². The van der Waals surface area contributed by atoms with Crippen LogP contribution in [0.1, 0.15) is 64.4 Å². The van der Waals surface area contributed by atoms with Gasteiger partial charge in [0.25, 0.3) is 0 Å². The largest absolute Gasteiger partial charge is 0.494 e. The average molecular weight is 275 g/mol. The van der Waals surface area contributed by atoms with Crippen molar-refractivity contribution >= 4 is 0 Å². The number of rotatable bonds is 5. The fourth-order valence-corrected chi connectivity index (χ4v) is 3.56. The number of benzene rings is 1. The summed E-state index contributed by atoms with van der Waals surface area (Å²) in [6, 6.07) is 8.34. The summed E-state index contributed by atoms with van der Waals surface area (Å²) in [5, 5.41) is 0. The highest BCUT2D eigenvalue weighted by molar-refractivity contribution is 5.39. The predicted octanol–water partition coefficient (Wildman–Crippen LogP) is 4.62. The zero-order valence-electron chi connectivity index (χ0n) is 13.0. The van der Waals surface area contributed by atoms with Gasteiger partial charge in [-0.25, -0.2) is 0 Å². The van der Waals surface area contributed by atoms with Gasteiger partial charge in [0.15, 0.2) is 0 Å². The third-order valence-electron chi connectivity index (χ3n) is 4.65. The van der Waals surface area contributed by atoms with Gasteiger partial charge in [0.05, 0.1) is 6.61 Å². The van der Waals surface area contributed by atoms with Crippen molar-refractivity contribution < 1.29 is 4.74 Å². The lowest BCUT2D eigenvalue weighted by Crippen LogP contribution is -2.36. The molecule has 0 saturated heterocycles. The van der Waals surface area contributed by atoms with Crippen molar-refractivity contribution in [3.05, 3.63) is 29.8 Å². The summed E-state index contributed by atoms with van der Waals surface area (Å²) in [4.78, 5) is 0. The van der Waals surface area contributed by atoms with Crippen molar-refractivity contribution in [2.24, 2.45) is 11.7 Å². The Morgan fingerprint density at radius 3 is 2.75 bits per heavy atom. The van der Waals surface area contributed by atoms with Crippen molar-refractivity contribution in [2.45, 2.75) is 64.3 Å². The molecule has 112 valence electrons. The van der Waals surface area contributed by atoms with Gasteiger partial charge in [0.2, 0.25) is 0 Å². The summed E-state index contributed by atoms with van der Waals surface area (Å²) < 4.78 is 5.79. The van der Waals surface area contributed by atoms with Crippen LogP contribution in [-0.4, -0.2) is 6.61 Å². The summed E-state index contributed by atoms with van der Waals surface area (Å²) in [6.07, 6.45) is 8.63. The van der Waals surface area contributed by atoms with Crippen LogP contribution in [-0.2, 0) is 5.54 Å². The molecule has 0 heterocycles. The van der Waals surface area contributed by atoms with E-state index in [9.17, 15) is 0 Å². The zero-order chi connectivity index (χ0) is 14.4. The van der Waals surface area contributed by atoms with Crippen molar-refractivity contribution in [1.29, 1.82) is 0 Å². The van der Waals surface area contributed by atoms with Crippen molar-refractivity contribution in [1.82, 2.24) is 0 Å². The van der Waals surface area contributed by atoms with E-state index in [1.165, 1.54) is 37.7 Å². The molecule has 0 aliphatic heterocycles. The Kier molecular flexibility index (Phi) is 5.47. The van der Waals surface area contributed by atoms with E-state index in [4.69, 9.17) is 10.5 Å². The maximum atomic E-state index is 6.79. The first kappa shape index (κ1) is 15.4. The highest BCUT2D eigenvalue weighted by Crippen LogP contribution is 2.40. The highest BCUT2D eigenvalue weighted by atomic mass is 16.5. The van der Waals surface area contributed by atoms with E-state index in [2.05, 4.69) is 25.1 Å². The van der Waals surface area contributed by atoms with Crippen LogP contribution in [0.25, 0.3) is 0 Å². The maximum Gasteiger partial charge on any atom is 0.124 e. The summed E-state index contributed by atoms with van der Waals surface area (Å²) in [7, 11) is 0. The minimum absolute atomic E-state index is 0.200. The molecule has 1 aromatic carbocycles. The number of para-hydroxylation sites is 1. The van der Waals surface area contributed by atoms with Crippen molar-refractivity contribution in [2.75, 3.05) is 6.61 Å². The van der Waals surface area contributed by atoms with Crippen LogP contribution in [0, 0.1) is 5.92 Å². The first-order chi connectivity index (χ1) is 9.69. The van der Waals surface area contributed by atoms with E-state index in [0.717, 1.165) is 24.5 Å². The summed E-state index contributed by atoms with van der Waals surface area (Å²) in [5.41, 5.74) is 7.80. The maximum absolute atomic E-state index is 6.79. The number of hydrogen-bond acceptors (Lipinski definition) is 2. The molecule has 2 atom stereocenters. The third-order valence-corrected chi connectivity index (χ3v) is 4.65. The van der Waals surface area contributed by atoms with Crippen LogP contribution in [0.3, 0.4) is 0 Å². The summed E-state index contributed by atoms with van der Waals surface area (Å²) in [5.74, 6) is 1.84. The first-order valence-corrected chi connectivity index (χ1v) is 8.20. The topological polar surface area (TPSA) is 35.2 Å². The number of nitrogens with two attached hydrogens (primary N) is 1. The molecule has 1 fully saturated rings. The second kappa shape index (κ2) is 7.12. The number of ether oxygens (including phenoxy) is 1. The van der Waals surface area contributed by atoms with E-state index in [1.807, 2.05) is 13.0 Å². The molecule has 2 nitrogen and oxygen atoms in total. The van der Waals surface area contributed by atoms with E-state index in [1.54, 1.807) is 0 Å². The molecule has 2 N–H and O–H groups in total. The van der Waals surface area contributed by atoms with Crippen LogP contribution >= 0.6 is 0 Å². The second-order valence-electron chi connectivity index (χ2n) is 6.17. The monoisotopic (exact) mass is 275 g/mol. The summed E-state index contributed by atoms with van der Waals surface area (Å²) >= 11 is 0. The highest BCUT2D eigenvalue weighted by Gasteiger charge is 2.33. The smallest absolute Gasteiger partial charge is 0.124 e. The van der Waals surface area contributed by atoms with Crippen LogP contribution in [0.5, 0.6) is 5.75 Å². The van der Waals surface area contributed by atoms with Crippen LogP contribution in [0.2, 0.25) is 0 Å². The third kappa shape index (κ3) is 3.54. The van der Waals surface area contributed by atoms with Gasteiger partial charge in [-0.15, -0.1) is 0 Å². The Morgan fingerprint density at radius 2 is 2.00 bits per heavy atom. The fourth-order valence-electron chi connectivity index (χ4n) is 3.56. The normalized spacial score (nSPS) is 27.1. The lowest BCUT2D eigenvalue weighted by atomic mass is 9.83. The standard InChI is InChI=1S/C18H29NO/c1-3-8-15-9-7-13-18(19,14-12-15)16-10-5-6-11-17(16)20-4-2/h5-6,10-11,15H,3-4,7-9,12-14,19H2,1-2H3. The Labute approximate surface area is 123 Å². The molecule has 0 spiro atoms. The van der Waals surface area contributed by atoms with Gasteiger partial charge in [-0.3, -0.25) is 0 Å². The molecule has 1 saturated carbocycles. The molecule has 1 aromatic rings. The fraction of sp³-hybridized carbons (Fsp3) is 0.667. The predicted molar refractivity (Wildman–Crippen MR) is 85.0 cm³/mol. The Bertz CT molecular complexity index is 418. The summed E-state index contributed by atoms with van der Waals surface area (Å²) in [6.45, 7) is 5.01. The molecule has 2 rings (SSSR count). The molecule has 2 unspecified atom stereocenters. The first-order valence-electron chi connectivity index (χ1n) is 8.20. The van der Waals surface area contributed by atoms with E-state index < -0.39 is 0 Å². The molecule has 0 aromatic heterocycles. The molecule has 2 heteroatoms. The minimum Gasteiger partial charge on any atom is -0.494 e. The van der Waals surface area contributed by atoms with Crippen LogP contribution in [0.4, 0.5) is 0 Å². The molecule has 0 radical (unpaired) electrons. The van der Waals surface area contributed by atoms with Crippen molar-refractivity contribution in [3.63, 3.8) is 0 Å². The molecule has 0 amide bonds. The molecule has 1 aliphatic rings. The molecular formula is C18H29NO. The van der Waals surface area contributed by atoms with Gasteiger partial charge in [0, 0.05) is 11.1 Å². The average Bonchev–Trinajstić information content (AvgIpc) is 2.64. The van der Waals surface area contributed by atoms with Crippen LogP contribution in [0.15, 0.2) is 24.3 Å². The van der Waals surface area contributed by atoms with Gasteiger partial charge >= 0.3 is 0 Å². The van der Waals surface area contributed by atoms with Gasteiger partial charge in [0.1, 0.15) is 5.75 Å². The van der Waals surface area contributed by atoms with Gasteiger partial charge in [-0.1, -0.05) is 50.8 Å². The molecule has 1 aliphatic carbocycles. The van der Waals surface area contributed by atoms with Gasteiger partial charge < -0.3 is 10.5 Å². The van der Waals surface area contributed by atoms with Crippen molar-refractivity contribution in [3.8, 4) is 5.75 Å². The molecule has 20 heavy (non-hydrogen) atoms. The second-order valence-corrected chi connectivity index (χ2v) is 6.17. The number of hydrogen-bond donors (Lipinski definition) is 1. The molecule has 0 bridgehead atoms. The SMILES string of the molecule is CCCC1CCCC(N)(c2ccccc2OCC)CC1. The van der Waals surface area contributed by atoms with Crippen LogP contribution < -0.4 is 10.5 Å². The van der Waals surface area contributed by atoms with Gasteiger partial charge in [-0.2, -0.15) is 0 Å².